The van der Waals surface area contributed by atoms with E-state index in [1.807, 2.05) is 32.9 Å². The van der Waals surface area contributed by atoms with Crippen molar-refractivity contribution >= 4 is 37.5 Å². The first-order valence-corrected chi connectivity index (χ1v) is 12.7. The minimum Gasteiger partial charge on any atom is -0.324 e. The number of rotatable bonds is 8. The number of halogens is 2. The number of hydrogen-bond acceptors (Lipinski definition) is 3. The summed E-state index contributed by atoms with van der Waals surface area (Å²) in [7, 11) is -4.05. The quantitative estimate of drug-likeness (QED) is 0.410. The minimum absolute atomic E-state index is 0.0475. The zero-order valence-electron chi connectivity index (χ0n) is 18.7. The number of amides is 1. The van der Waals surface area contributed by atoms with Gasteiger partial charge in [0.2, 0.25) is 15.9 Å². The van der Waals surface area contributed by atoms with Crippen molar-refractivity contribution in [2.45, 2.75) is 38.6 Å². The lowest BCUT2D eigenvalue weighted by molar-refractivity contribution is -0.116. The van der Waals surface area contributed by atoms with Crippen molar-refractivity contribution in [2.24, 2.45) is 0 Å². The number of sulfonamides is 1. The first-order chi connectivity index (χ1) is 15.6. The highest BCUT2D eigenvalue weighted by molar-refractivity contribution is 9.10. The lowest BCUT2D eigenvalue weighted by Crippen LogP contribution is -2.38. The number of anilines is 1. The number of nitrogens with zero attached hydrogens (tertiary/aromatic N) is 1. The molecular weight excluding hydrogens is 507 g/mol. The Kier molecular flexibility index (Phi) is 8.05. The molecule has 0 bridgehead atoms. The highest BCUT2D eigenvalue weighted by Crippen LogP contribution is 2.27. The maximum atomic E-state index is 14.3. The van der Waals surface area contributed by atoms with Crippen LogP contribution >= 0.6 is 15.9 Å². The predicted octanol–water partition coefficient (Wildman–Crippen LogP) is 5.60. The summed E-state index contributed by atoms with van der Waals surface area (Å²) in [6.45, 7) is 4.98. The second-order valence-corrected chi connectivity index (χ2v) is 10.7. The zero-order valence-corrected chi connectivity index (χ0v) is 21.1. The van der Waals surface area contributed by atoms with E-state index in [2.05, 4.69) is 21.2 Å². The molecule has 0 aliphatic carbocycles. The van der Waals surface area contributed by atoms with Crippen LogP contribution in [0.3, 0.4) is 0 Å². The third-order valence-electron chi connectivity index (χ3n) is 5.31. The van der Waals surface area contributed by atoms with E-state index in [0.29, 0.717) is 12.1 Å². The van der Waals surface area contributed by atoms with Gasteiger partial charge in [-0.2, -0.15) is 4.31 Å². The summed E-state index contributed by atoms with van der Waals surface area (Å²) in [4.78, 5) is 13.1. The fourth-order valence-corrected chi connectivity index (χ4v) is 5.51. The normalized spacial score (nSPS) is 11.6. The highest BCUT2D eigenvalue weighted by Gasteiger charge is 2.28. The number of nitrogens with one attached hydrogen (secondary N) is 1. The Balaban J connectivity index is 1.94. The number of aryl methyl sites for hydroxylation is 3. The number of hydrogen-bond donors (Lipinski definition) is 1. The maximum Gasteiger partial charge on any atom is 0.243 e. The van der Waals surface area contributed by atoms with Crippen LogP contribution in [0.4, 0.5) is 10.1 Å². The van der Waals surface area contributed by atoms with Gasteiger partial charge < -0.3 is 5.32 Å². The first kappa shape index (κ1) is 25.1. The van der Waals surface area contributed by atoms with Crippen molar-refractivity contribution in [1.29, 1.82) is 0 Å². The van der Waals surface area contributed by atoms with Crippen molar-refractivity contribution in [3.05, 3.63) is 93.2 Å². The second kappa shape index (κ2) is 10.6. The molecule has 0 aliphatic rings. The van der Waals surface area contributed by atoms with Gasteiger partial charge in [0, 0.05) is 22.3 Å². The molecule has 0 saturated heterocycles. The molecule has 3 rings (SSSR count). The number of benzene rings is 3. The lowest BCUT2D eigenvalue weighted by Gasteiger charge is -2.23. The van der Waals surface area contributed by atoms with Crippen molar-refractivity contribution in [2.75, 3.05) is 11.9 Å². The summed E-state index contributed by atoms with van der Waals surface area (Å²) in [6.07, 6.45) is 0.691. The topological polar surface area (TPSA) is 66.5 Å². The largest absolute Gasteiger partial charge is 0.324 e. The summed E-state index contributed by atoms with van der Waals surface area (Å²) in [5, 5.41) is 2.86. The Bertz CT molecular complexity index is 1260. The molecule has 0 spiro atoms. The summed E-state index contributed by atoms with van der Waals surface area (Å²) in [6, 6.07) is 16.1. The van der Waals surface area contributed by atoms with Gasteiger partial charge in [0.1, 0.15) is 5.82 Å². The van der Waals surface area contributed by atoms with Crippen LogP contribution in [0.2, 0.25) is 0 Å². The van der Waals surface area contributed by atoms with Crippen LogP contribution in [0.15, 0.2) is 70.0 Å². The zero-order chi connectivity index (χ0) is 24.2. The van der Waals surface area contributed by atoms with E-state index >= 15 is 0 Å². The minimum atomic E-state index is -4.05. The van der Waals surface area contributed by atoms with Crippen LogP contribution in [0.1, 0.15) is 29.2 Å². The van der Waals surface area contributed by atoms with Crippen molar-refractivity contribution in [1.82, 2.24) is 4.31 Å². The van der Waals surface area contributed by atoms with Crippen LogP contribution in [0, 0.1) is 19.7 Å². The Morgan fingerprint density at radius 1 is 1.03 bits per heavy atom. The van der Waals surface area contributed by atoms with Crippen LogP contribution in [-0.4, -0.2) is 25.2 Å². The fraction of sp³-hybridized carbons (Fsp3) is 0.240. The second-order valence-electron chi connectivity index (χ2n) is 7.84. The molecule has 174 valence electrons. The molecule has 0 fully saturated rings. The Labute approximate surface area is 202 Å². The standard InChI is InChI=1S/C25H26BrFN2O3S/c1-4-19-14-21(26)13-18(3)25(19)28-24(30)16-29(15-20-7-5-6-8-23(20)27)33(31,32)22-11-9-17(2)10-12-22/h5-14H,4,15-16H2,1-3H3,(H,28,30). The van der Waals surface area contributed by atoms with Gasteiger partial charge in [-0.05, 0) is 61.7 Å². The monoisotopic (exact) mass is 532 g/mol. The average Bonchev–Trinajstić information content (AvgIpc) is 2.76. The van der Waals surface area contributed by atoms with Gasteiger partial charge in [0.05, 0.1) is 11.4 Å². The molecule has 33 heavy (non-hydrogen) atoms. The van der Waals surface area contributed by atoms with E-state index in [4.69, 9.17) is 0 Å². The van der Waals surface area contributed by atoms with E-state index in [1.165, 1.54) is 30.3 Å². The van der Waals surface area contributed by atoms with Crippen molar-refractivity contribution in [3.8, 4) is 0 Å². The van der Waals surface area contributed by atoms with Gasteiger partial charge in [0.25, 0.3) is 0 Å². The molecule has 5 nitrogen and oxygen atoms in total. The summed E-state index contributed by atoms with van der Waals surface area (Å²) in [5.41, 5.74) is 3.54. The van der Waals surface area contributed by atoms with E-state index in [9.17, 15) is 17.6 Å². The molecule has 1 amide bonds. The Morgan fingerprint density at radius 2 is 1.70 bits per heavy atom. The van der Waals surface area contributed by atoms with Gasteiger partial charge in [-0.1, -0.05) is 58.7 Å². The van der Waals surface area contributed by atoms with Crippen molar-refractivity contribution in [3.63, 3.8) is 0 Å². The molecular formula is C25H26BrFN2O3S. The fourth-order valence-electron chi connectivity index (χ4n) is 3.51. The molecule has 0 aromatic heterocycles. The molecule has 3 aromatic carbocycles. The van der Waals surface area contributed by atoms with Crippen LogP contribution in [0.25, 0.3) is 0 Å². The van der Waals surface area contributed by atoms with Crippen LogP contribution in [-0.2, 0) is 27.8 Å². The Hall–Kier alpha value is -2.55. The SMILES string of the molecule is CCc1cc(Br)cc(C)c1NC(=O)CN(Cc1ccccc1F)S(=O)(=O)c1ccc(C)cc1. The Morgan fingerprint density at radius 3 is 2.33 bits per heavy atom. The van der Waals surface area contributed by atoms with E-state index < -0.39 is 28.3 Å². The highest BCUT2D eigenvalue weighted by atomic mass is 79.9. The van der Waals surface area contributed by atoms with Crippen LogP contribution < -0.4 is 5.32 Å². The van der Waals surface area contributed by atoms with Gasteiger partial charge >= 0.3 is 0 Å². The molecule has 3 aromatic rings. The van der Waals surface area contributed by atoms with Gasteiger partial charge in [-0.3, -0.25) is 4.79 Å². The molecule has 0 aliphatic heterocycles. The van der Waals surface area contributed by atoms with Gasteiger partial charge in [-0.25, -0.2) is 12.8 Å². The summed E-state index contributed by atoms with van der Waals surface area (Å²) < 4.78 is 43.0. The van der Waals surface area contributed by atoms with Gasteiger partial charge in [-0.15, -0.1) is 0 Å². The molecule has 0 atom stereocenters. The molecule has 0 radical (unpaired) electrons. The average molecular weight is 533 g/mol. The summed E-state index contributed by atoms with van der Waals surface area (Å²) in [5.74, 6) is -1.03. The van der Waals surface area contributed by atoms with Crippen molar-refractivity contribution < 1.29 is 17.6 Å². The summed E-state index contributed by atoms with van der Waals surface area (Å²) >= 11 is 3.46. The predicted molar refractivity (Wildman–Crippen MR) is 132 cm³/mol. The van der Waals surface area contributed by atoms with E-state index in [1.54, 1.807) is 18.2 Å². The number of carbonyl (C=O) groups is 1. The first-order valence-electron chi connectivity index (χ1n) is 10.5. The maximum absolute atomic E-state index is 14.3. The van der Waals surface area contributed by atoms with E-state index in [-0.39, 0.29) is 17.0 Å². The third kappa shape index (κ3) is 6.07. The smallest absolute Gasteiger partial charge is 0.243 e. The van der Waals surface area contributed by atoms with Gasteiger partial charge in [0.15, 0.2) is 0 Å². The molecule has 0 saturated carbocycles. The lowest BCUT2D eigenvalue weighted by atomic mass is 10.1. The molecule has 8 heteroatoms. The molecule has 0 heterocycles. The third-order valence-corrected chi connectivity index (χ3v) is 7.57. The molecule has 0 unspecified atom stereocenters. The number of carbonyl (C=O) groups excluding carboxylic acids is 1. The molecule has 1 N–H and O–H groups in total. The van der Waals surface area contributed by atoms with Crippen LogP contribution in [0.5, 0.6) is 0 Å². The van der Waals surface area contributed by atoms with E-state index in [0.717, 1.165) is 25.5 Å².